The van der Waals surface area contributed by atoms with Crippen LogP contribution in [0.2, 0.25) is 0 Å². The molecule has 0 amide bonds. The van der Waals surface area contributed by atoms with Gasteiger partial charge in [0.2, 0.25) is 0 Å². The SMILES string of the molecule is CC(C)c1nn(C)cc1CNCc1cccc(Br)c1. The van der Waals surface area contributed by atoms with Gasteiger partial charge in [-0.25, -0.2) is 0 Å². The normalized spacial score (nSPS) is 11.2. The molecule has 0 saturated carbocycles. The zero-order valence-electron chi connectivity index (χ0n) is 11.7. The van der Waals surface area contributed by atoms with E-state index in [0.717, 1.165) is 17.6 Å². The molecule has 0 atom stereocenters. The lowest BCUT2D eigenvalue weighted by molar-refractivity contribution is 0.677. The highest BCUT2D eigenvalue weighted by molar-refractivity contribution is 9.10. The van der Waals surface area contributed by atoms with Gasteiger partial charge in [-0.2, -0.15) is 5.10 Å². The molecule has 0 radical (unpaired) electrons. The van der Waals surface area contributed by atoms with Gasteiger partial charge in [0, 0.05) is 36.4 Å². The molecule has 1 aromatic carbocycles. The van der Waals surface area contributed by atoms with Gasteiger partial charge < -0.3 is 5.32 Å². The minimum Gasteiger partial charge on any atom is -0.308 e. The third-order valence-corrected chi connectivity index (χ3v) is 3.51. The molecule has 0 aliphatic rings. The van der Waals surface area contributed by atoms with Crippen molar-refractivity contribution >= 4 is 15.9 Å². The number of aromatic nitrogens is 2. The van der Waals surface area contributed by atoms with Gasteiger partial charge in [-0.3, -0.25) is 4.68 Å². The molecule has 0 spiro atoms. The highest BCUT2D eigenvalue weighted by Crippen LogP contribution is 2.17. The van der Waals surface area contributed by atoms with Crippen molar-refractivity contribution in [3.8, 4) is 0 Å². The molecule has 0 bridgehead atoms. The average Bonchev–Trinajstić information content (AvgIpc) is 2.71. The first-order chi connectivity index (χ1) is 9.06. The lowest BCUT2D eigenvalue weighted by atomic mass is 10.1. The number of halogens is 1. The Morgan fingerprint density at radius 1 is 1.32 bits per heavy atom. The molecule has 3 nitrogen and oxygen atoms in total. The summed E-state index contributed by atoms with van der Waals surface area (Å²) in [5, 5.41) is 8.00. The van der Waals surface area contributed by atoms with Gasteiger partial charge in [-0.05, 0) is 23.6 Å². The first-order valence-corrected chi connectivity index (χ1v) is 7.33. The monoisotopic (exact) mass is 321 g/mol. The Kier molecular flexibility index (Phi) is 4.77. The molecule has 0 aliphatic carbocycles. The molecule has 1 heterocycles. The number of nitrogens with one attached hydrogen (secondary N) is 1. The Hall–Kier alpha value is -1.13. The van der Waals surface area contributed by atoms with E-state index in [0.29, 0.717) is 5.92 Å². The molecular weight excluding hydrogens is 302 g/mol. The Morgan fingerprint density at radius 3 is 2.79 bits per heavy atom. The number of aryl methyl sites for hydroxylation is 1. The van der Waals surface area contributed by atoms with Crippen molar-refractivity contribution in [2.75, 3.05) is 0 Å². The molecule has 4 heteroatoms. The van der Waals surface area contributed by atoms with Crippen LogP contribution in [-0.4, -0.2) is 9.78 Å². The van der Waals surface area contributed by atoms with Crippen LogP contribution in [0.1, 0.15) is 36.6 Å². The van der Waals surface area contributed by atoms with Crippen LogP contribution < -0.4 is 5.32 Å². The van der Waals surface area contributed by atoms with Crippen LogP contribution in [0.4, 0.5) is 0 Å². The van der Waals surface area contributed by atoms with Gasteiger partial charge >= 0.3 is 0 Å². The minimum atomic E-state index is 0.462. The lowest BCUT2D eigenvalue weighted by Gasteiger charge is -2.07. The van der Waals surface area contributed by atoms with Crippen LogP contribution in [0.3, 0.4) is 0 Å². The second-order valence-electron chi connectivity index (χ2n) is 5.10. The van der Waals surface area contributed by atoms with Gasteiger partial charge in [0.05, 0.1) is 5.69 Å². The highest BCUT2D eigenvalue weighted by atomic mass is 79.9. The average molecular weight is 322 g/mol. The van der Waals surface area contributed by atoms with E-state index in [-0.39, 0.29) is 0 Å². The molecular formula is C15H20BrN3. The maximum absolute atomic E-state index is 4.52. The molecule has 1 N–H and O–H groups in total. The zero-order chi connectivity index (χ0) is 13.8. The third-order valence-electron chi connectivity index (χ3n) is 3.02. The first-order valence-electron chi connectivity index (χ1n) is 6.54. The Morgan fingerprint density at radius 2 is 2.11 bits per heavy atom. The van der Waals surface area contributed by atoms with E-state index in [4.69, 9.17) is 0 Å². The molecule has 0 saturated heterocycles. The number of benzene rings is 1. The van der Waals surface area contributed by atoms with Gasteiger partial charge in [0.1, 0.15) is 0 Å². The van der Waals surface area contributed by atoms with Crippen LogP contribution >= 0.6 is 15.9 Å². The highest BCUT2D eigenvalue weighted by Gasteiger charge is 2.10. The molecule has 2 rings (SSSR count). The van der Waals surface area contributed by atoms with E-state index in [2.05, 4.69) is 64.6 Å². The second kappa shape index (κ2) is 6.35. The number of hydrogen-bond acceptors (Lipinski definition) is 2. The van der Waals surface area contributed by atoms with Crippen LogP contribution in [0.15, 0.2) is 34.9 Å². The molecule has 19 heavy (non-hydrogen) atoms. The van der Waals surface area contributed by atoms with Gasteiger partial charge in [-0.15, -0.1) is 0 Å². The Labute approximate surface area is 123 Å². The summed E-state index contributed by atoms with van der Waals surface area (Å²) in [6.07, 6.45) is 2.10. The van der Waals surface area contributed by atoms with Gasteiger partial charge in [0.25, 0.3) is 0 Å². The fraction of sp³-hybridized carbons (Fsp3) is 0.400. The standard InChI is InChI=1S/C15H20BrN3/c1-11(2)15-13(10-19(3)18-15)9-17-8-12-5-4-6-14(16)7-12/h4-7,10-11,17H,8-9H2,1-3H3. The van der Waals surface area contributed by atoms with Crippen LogP contribution in [-0.2, 0) is 20.1 Å². The summed E-state index contributed by atoms with van der Waals surface area (Å²) in [6.45, 7) is 6.08. The topological polar surface area (TPSA) is 29.9 Å². The molecule has 1 aromatic heterocycles. The van der Waals surface area contributed by atoms with Crippen molar-refractivity contribution in [1.29, 1.82) is 0 Å². The summed E-state index contributed by atoms with van der Waals surface area (Å²) in [7, 11) is 1.98. The van der Waals surface area contributed by atoms with Crippen molar-refractivity contribution in [3.63, 3.8) is 0 Å². The fourth-order valence-electron chi connectivity index (χ4n) is 2.17. The summed E-state index contributed by atoms with van der Waals surface area (Å²) in [5.74, 6) is 0.462. The maximum atomic E-state index is 4.52. The number of nitrogens with zero attached hydrogens (tertiary/aromatic N) is 2. The molecule has 0 unspecified atom stereocenters. The van der Waals surface area contributed by atoms with Crippen LogP contribution in [0.25, 0.3) is 0 Å². The van der Waals surface area contributed by atoms with Crippen molar-refractivity contribution in [3.05, 3.63) is 51.8 Å². The largest absolute Gasteiger partial charge is 0.308 e. The van der Waals surface area contributed by atoms with Crippen molar-refractivity contribution in [2.45, 2.75) is 32.9 Å². The van der Waals surface area contributed by atoms with Crippen LogP contribution in [0.5, 0.6) is 0 Å². The third kappa shape index (κ3) is 3.91. The lowest BCUT2D eigenvalue weighted by Crippen LogP contribution is -2.13. The number of hydrogen-bond donors (Lipinski definition) is 1. The summed E-state index contributed by atoms with van der Waals surface area (Å²) < 4.78 is 3.02. The fourth-order valence-corrected chi connectivity index (χ4v) is 2.61. The predicted octanol–water partition coefficient (Wildman–Crippen LogP) is 3.60. The smallest absolute Gasteiger partial charge is 0.0694 e. The van der Waals surface area contributed by atoms with E-state index < -0.39 is 0 Å². The van der Waals surface area contributed by atoms with E-state index in [1.165, 1.54) is 16.8 Å². The first kappa shape index (κ1) is 14.3. The van der Waals surface area contributed by atoms with Crippen molar-refractivity contribution in [1.82, 2.24) is 15.1 Å². The molecule has 102 valence electrons. The van der Waals surface area contributed by atoms with Gasteiger partial charge in [-0.1, -0.05) is 41.9 Å². The maximum Gasteiger partial charge on any atom is 0.0694 e. The molecule has 0 aliphatic heterocycles. The summed E-state index contributed by atoms with van der Waals surface area (Å²) in [5.41, 5.74) is 3.75. The van der Waals surface area contributed by atoms with Crippen molar-refractivity contribution in [2.24, 2.45) is 7.05 Å². The van der Waals surface area contributed by atoms with E-state index >= 15 is 0 Å². The summed E-state index contributed by atoms with van der Waals surface area (Å²) in [6, 6.07) is 8.37. The molecule has 2 aromatic rings. The van der Waals surface area contributed by atoms with E-state index in [1.54, 1.807) is 0 Å². The predicted molar refractivity (Wildman–Crippen MR) is 82.0 cm³/mol. The van der Waals surface area contributed by atoms with Gasteiger partial charge in [0.15, 0.2) is 0 Å². The minimum absolute atomic E-state index is 0.462. The quantitative estimate of drug-likeness (QED) is 0.911. The summed E-state index contributed by atoms with van der Waals surface area (Å²) >= 11 is 3.49. The summed E-state index contributed by atoms with van der Waals surface area (Å²) in [4.78, 5) is 0. The molecule has 0 fully saturated rings. The van der Waals surface area contributed by atoms with E-state index in [1.807, 2.05) is 17.8 Å². The Balaban J connectivity index is 1.96. The van der Waals surface area contributed by atoms with E-state index in [9.17, 15) is 0 Å². The van der Waals surface area contributed by atoms with Crippen molar-refractivity contribution < 1.29 is 0 Å². The van der Waals surface area contributed by atoms with Crippen LogP contribution in [0, 0.1) is 0 Å². The number of rotatable bonds is 5. The second-order valence-corrected chi connectivity index (χ2v) is 6.02. The Bertz CT molecular complexity index is 546. The zero-order valence-corrected chi connectivity index (χ0v) is 13.2.